The standard InChI is InChI=1S/C36H40N4O2S.C14H16N2.C12H12N2O2S.C3H8O2.C2HF3O2/c1-7-38-21-37(6)18-30-15-27(12-25(4)35(30)38)28-13-26(5)36-31(16-28)20-39-22-40(36)19-29-17-33(10-11-34(29)39)43(41,42)32-9-8-23(2)24(3)14-32;1-9-7-11(3-5-13(9)15)12-4-6-14(16)10(2)8-12;13-9-1-5-11(6-2-9)17(15,16)12-7-3-10(14)4-8-12;1-4-3-5-2;3-2(4,5)1(6)7/h8-17H,7,18-22H2,1-6H3;3-8H,15-16H2,1-2H3;1-8H,13-14H2;3H2,1-2H3;(H,6,7). The molecule has 3 heterocycles. The van der Waals surface area contributed by atoms with E-state index in [0.717, 1.165) is 77.9 Å². The van der Waals surface area contributed by atoms with Crippen LogP contribution >= 0.6 is 0 Å². The number of methoxy groups -OCH3 is 2. The number of ether oxygens (including phenoxy) is 2. The number of benzene rings is 8. The molecule has 0 aliphatic carbocycles. The van der Waals surface area contributed by atoms with Crippen molar-refractivity contribution < 1.29 is 49.4 Å². The van der Waals surface area contributed by atoms with E-state index in [-0.39, 0.29) is 9.79 Å². The number of nitrogen functional groups attached to an aromatic ring is 4. The van der Waals surface area contributed by atoms with Gasteiger partial charge in [0.1, 0.15) is 6.79 Å². The van der Waals surface area contributed by atoms with Gasteiger partial charge >= 0.3 is 12.1 Å². The number of rotatable bonds is 9. The molecule has 0 unspecified atom stereocenters. The summed E-state index contributed by atoms with van der Waals surface area (Å²) in [7, 11) is -1.72. The highest BCUT2D eigenvalue weighted by atomic mass is 32.2. The highest BCUT2D eigenvalue weighted by molar-refractivity contribution is 7.91. The van der Waals surface area contributed by atoms with Crippen molar-refractivity contribution in [3.05, 3.63) is 196 Å². The Morgan fingerprint density at radius 1 is 0.500 bits per heavy atom. The van der Waals surface area contributed by atoms with E-state index in [1.54, 1.807) is 56.7 Å². The smallest absolute Gasteiger partial charge is 0.475 e. The minimum atomic E-state index is -5.08. The van der Waals surface area contributed by atoms with Gasteiger partial charge < -0.3 is 52.2 Å². The second-order valence-electron chi connectivity index (χ2n) is 22.0. The molecule has 11 rings (SSSR count). The molecule has 0 saturated heterocycles. The zero-order chi connectivity index (χ0) is 64.6. The van der Waals surface area contributed by atoms with Crippen LogP contribution in [-0.2, 0) is 53.6 Å². The topological polar surface area (TPSA) is 241 Å². The molecule has 0 spiro atoms. The van der Waals surface area contributed by atoms with E-state index < -0.39 is 31.8 Å². The molecule has 0 atom stereocenters. The van der Waals surface area contributed by atoms with Crippen molar-refractivity contribution in [2.75, 3.05) is 85.6 Å². The van der Waals surface area contributed by atoms with E-state index in [2.05, 4.69) is 93.3 Å². The van der Waals surface area contributed by atoms with Crippen LogP contribution < -0.4 is 37.6 Å². The average Bonchev–Trinajstić information content (AvgIpc) is 1.58. The number of halogens is 3. The molecular formula is C67H77F3N8O8S2. The molecule has 466 valence electrons. The van der Waals surface area contributed by atoms with Gasteiger partial charge in [-0.25, -0.2) is 21.6 Å². The maximum absolute atomic E-state index is 13.6. The third-order valence-electron chi connectivity index (χ3n) is 15.2. The summed E-state index contributed by atoms with van der Waals surface area (Å²) in [5, 5.41) is 7.12. The van der Waals surface area contributed by atoms with Crippen LogP contribution in [0.2, 0.25) is 0 Å². The molecule has 88 heavy (non-hydrogen) atoms. The monoisotopic (exact) mass is 1240 g/mol. The molecule has 0 amide bonds. The number of fused-ring (bicyclic) bond motifs is 7. The Labute approximate surface area is 514 Å². The van der Waals surface area contributed by atoms with Crippen LogP contribution in [0, 0.1) is 41.5 Å². The number of alkyl halides is 3. The number of sulfone groups is 2. The number of aryl methyl sites for hydroxylation is 6. The molecule has 0 aromatic heterocycles. The molecule has 0 radical (unpaired) electrons. The Hall–Kier alpha value is -8.60. The van der Waals surface area contributed by atoms with Gasteiger partial charge in [-0.3, -0.25) is 4.90 Å². The number of nitrogens with two attached hydrogens (primary N) is 4. The summed E-state index contributed by atoms with van der Waals surface area (Å²) in [5.41, 5.74) is 44.7. The summed E-state index contributed by atoms with van der Waals surface area (Å²) < 4.78 is 92.2. The van der Waals surface area contributed by atoms with Crippen LogP contribution in [-0.4, -0.2) is 86.9 Å². The van der Waals surface area contributed by atoms with Gasteiger partial charge in [-0.05, 0) is 255 Å². The minimum Gasteiger partial charge on any atom is -0.475 e. The Morgan fingerprint density at radius 2 is 0.932 bits per heavy atom. The van der Waals surface area contributed by atoms with Crippen LogP contribution in [0.3, 0.4) is 0 Å². The highest BCUT2D eigenvalue weighted by Crippen LogP contribution is 2.44. The lowest BCUT2D eigenvalue weighted by atomic mass is 9.91. The van der Waals surface area contributed by atoms with Crippen molar-refractivity contribution in [2.45, 2.75) is 93.9 Å². The second-order valence-corrected chi connectivity index (χ2v) is 25.9. The predicted octanol–water partition coefficient (Wildman–Crippen LogP) is 12.6. The summed E-state index contributed by atoms with van der Waals surface area (Å²) in [6, 6.07) is 44.8. The molecule has 21 heteroatoms. The lowest BCUT2D eigenvalue weighted by molar-refractivity contribution is -0.192. The number of nitrogens with zero attached hydrogens (tertiary/aromatic N) is 4. The van der Waals surface area contributed by atoms with Crippen LogP contribution in [0.25, 0.3) is 22.3 Å². The van der Waals surface area contributed by atoms with E-state index >= 15 is 0 Å². The summed E-state index contributed by atoms with van der Waals surface area (Å²) in [6.45, 7) is 20.3. The van der Waals surface area contributed by atoms with Crippen LogP contribution in [0.5, 0.6) is 0 Å². The maximum Gasteiger partial charge on any atom is 0.490 e. The molecule has 9 N–H and O–H groups in total. The first-order valence-corrected chi connectivity index (χ1v) is 31.1. The van der Waals surface area contributed by atoms with Crippen molar-refractivity contribution in [1.29, 1.82) is 0 Å². The first kappa shape index (κ1) is 66.9. The number of aliphatic carboxylic acids is 1. The zero-order valence-electron chi connectivity index (χ0n) is 51.2. The lowest BCUT2D eigenvalue weighted by Crippen LogP contribution is -2.46. The molecule has 3 aliphatic heterocycles. The molecule has 16 nitrogen and oxygen atoms in total. The summed E-state index contributed by atoms with van der Waals surface area (Å²) in [5.74, 6) is -2.76. The molecule has 8 aromatic rings. The van der Waals surface area contributed by atoms with Gasteiger partial charge in [0, 0.05) is 80.2 Å². The highest BCUT2D eigenvalue weighted by Gasteiger charge is 2.38. The minimum absolute atomic E-state index is 0.219. The van der Waals surface area contributed by atoms with Gasteiger partial charge in [0.15, 0.2) is 0 Å². The Bertz CT molecular complexity index is 3950. The third kappa shape index (κ3) is 15.7. The number of carboxylic acid groups (broad SMARTS) is 1. The molecule has 8 aromatic carbocycles. The first-order valence-electron chi connectivity index (χ1n) is 28.1. The Kier molecular flexibility index (Phi) is 21.3. The Balaban J connectivity index is 0.000000200. The van der Waals surface area contributed by atoms with Crippen LogP contribution in [0.15, 0.2) is 165 Å². The zero-order valence-corrected chi connectivity index (χ0v) is 52.8. The van der Waals surface area contributed by atoms with E-state index in [9.17, 15) is 30.0 Å². The molecule has 2 bridgehead atoms. The predicted molar refractivity (Wildman–Crippen MR) is 346 cm³/mol. The van der Waals surface area contributed by atoms with Crippen LogP contribution in [0.4, 0.5) is 53.0 Å². The first-order chi connectivity index (χ1) is 41.5. The molecule has 0 saturated carbocycles. The second kappa shape index (κ2) is 28.0. The fourth-order valence-corrected chi connectivity index (χ4v) is 13.3. The average molecular weight is 1240 g/mol. The summed E-state index contributed by atoms with van der Waals surface area (Å²) in [4.78, 5) is 19.7. The van der Waals surface area contributed by atoms with Crippen molar-refractivity contribution in [2.24, 2.45) is 0 Å². The Morgan fingerprint density at radius 3 is 1.39 bits per heavy atom. The van der Waals surface area contributed by atoms with E-state index in [0.29, 0.717) is 34.5 Å². The third-order valence-corrected chi connectivity index (χ3v) is 18.8. The maximum atomic E-state index is 13.6. The van der Waals surface area contributed by atoms with E-state index in [1.807, 2.05) is 70.2 Å². The summed E-state index contributed by atoms with van der Waals surface area (Å²) >= 11 is 0. The number of carboxylic acids is 1. The van der Waals surface area contributed by atoms with Gasteiger partial charge in [-0.1, -0.05) is 18.2 Å². The molecule has 0 fully saturated rings. The molecular weight excluding hydrogens is 1170 g/mol. The largest absolute Gasteiger partial charge is 0.490 e. The van der Waals surface area contributed by atoms with Crippen molar-refractivity contribution >= 4 is 65.5 Å². The van der Waals surface area contributed by atoms with Gasteiger partial charge in [0.05, 0.1) is 32.9 Å². The number of carbonyl (C=O) groups is 1. The fourth-order valence-electron chi connectivity index (χ4n) is 10.6. The van der Waals surface area contributed by atoms with Gasteiger partial charge in [-0.15, -0.1) is 0 Å². The number of hydrogen-bond donors (Lipinski definition) is 5. The van der Waals surface area contributed by atoms with Crippen molar-refractivity contribution in [3.8, 4) is 22.3 Å². The van der Waals surface area contributed by atoms with Gasteiger partial charge in [0.25, 0.3) is 0 Å². The van der Waals surface area contributed by atoms with E-state index in [4.69, 9.17) is 32.8 Å². The van der Waals surface area contributed by atoms with Crippen LogP contribution in [0.1, 0.15) is 57.0 Å². The van der Waals surface area contributed by atoms with E-state index in [1.165, 1.54) is 80.1 Å². The SMILES string of the molecule is CCN1CN(C)Cc2cc(-c3cc(C)c4c(c3)CN3CN4Cc4cc(S(=O)(=O)c5ccc(C)c(C)c5)ccc43)cc(C)c21.COCOC.Cc1cc(-c2ccc(N)c(C)c2)ccc1N.Nc1ccc(S(=O)(=O)c2ccc(N)cc2)cc1.O=C(O)C(F)(F)F. The van der Waals surface area contributed by atoms with Gasteiger partial charge in [-0.2, -0.15) is 13.2 Å². The lowest BCUT2D eigenvalue weighted by Gasteiger charge is -2.45. The van der Waals surface area contributed by atoms with Crippen molar-refractivity contribution in [3.63, 3.8) is 0 Å². The van der Waals surface area contributed by atoms with Crippen molar-refractivity contribution in [1.82, 2.24) is 4.90 Å². The number of hydrogen-bond acceptors (Lipinski definition) is 15. The quantitative estimate of drug-likeness (QED) is 0.0667. The normalized spacial score (nSPS) is 13.4. The summed E-state index contributed by atoms with van der Waals surface area (Å²) in [6.07, 6.45) is -5.08. The van der Waals surface area contributed by atoms with Gasteiger partial charge in [0.2, 0.25) is 19.7 Å². The number of anilines is 7. The fraction of sp³-hybridized carbons (Fsp3) is 0.269. The molecule has 3 aliphatic rings.